The summed E-state index contributed by atoms with van der Waals surface area (Å²) in [5, 5.41) is 0. The second-order valence-corrected chi connectivity index (χ2v) is 2.56. The van der Waals surface area contributed by atoms with Gasteiger partial charge in [-0.25, -0.2) is 0 Å². The van der Waals surface area contributed by atoms with Crippen molar-refractivity contribution in [3.63, 3.8) is 0 Å². The number of nitrogens with zero attached hydrogens (tertiary/aromatic N) is 1. The number of rotatable bonds is 1. The second kappa shape index (κ2) is 2.40. The minimum atomic E-state index is -0.256. The van der Waals surface area contributed by atoms with Crippen LogP contribution in [0.5, 0.6) is 0 Å². The van der Waals surface area contributed by atoms with Gasteiger partial charge in [0.05, 0.1) is 5.92 Å². The highest BCUT2D eigenvalue weighted by molar-refractivity contribution is 5.89. The van der Waals surface area contributed by atoms with Crippen molar-refractivity contribution in [1.29, 1.82) is 0 Å². The molecule has 0 aliphatic carbocycles. The molecule has 1 aliphatic rings. The van der Waals surface area contributed by atoms with Gasteiger partial charge in [-0.05, 0) is 6.92 Å². The Morgan fingerprint density at radius 1 is 1.70 bits per heavy atom. The molecule has 0 spiro atoms. The van der Waals surface area contributed by atoms with Gasteiger partial charge in [-0.2, -0.15) is 0 Å². The summed E-state index contributed by atoms with van der Waals surface area (Å²) < 4.78 is 4.84. The third kappa shape index (κ3) is 1.17. The summed E-state index contributed by atoms with van der Waals surface area (Å²) in [7, 11) is 0. The predicted molar refractivity (Wildman–Crippen MR) is 37.8 cm³/mol. The largest absolute Gasteiger partial charge is 0.439 e. The molecule has 0 N–H and O–H groups in total. The highest BCUT2D eigenvalue weighted by Crippen LogP contribution is 2.21. The van der Waals surface area contributed by atoms with Crippen LogP contribution in [0, 0.1) is 5.92 Å². The lowest BCUT2D eigenvalue weighted by Gasteiger charge is -2.28. The van der Waals surface area contributed by atoms with Gasteiger partial charge in [-0.1, -0.05) is 6.92 Å². The molecule has 0 aromatic heterocycles. The first kappa shape index (κ1) is 7.25. The average molecular weight is 141 g/mol. The number of hydrogen-bond acceptors (Lipinski definition) is 3. The smallest absolute Gasteiger partial charge is 0.304 e. The fourth-order valence-corrected chi connectivity index (χ4v) is 0.853. The lowest BCUT2D eigenvalue weighted by atomic mass is 9.99. The Hall–Kier alpha value is -0.860. The van der Waals surface area contributed by atoms with Crippen LogP contribution in [0.1, 0.15) is 20.8 Å². The van der Waals surface area contributed by atoms with Crippen LogP contribution in [0.4, 0.5) is 0 Å². The van der Waals surface area contributed by atoms with E-state index in [1.807, 2.05) is 13.8 Å². The number of ether oxygens (including phenoxy) is 1. The topological polar surface area (TPSA) is 38.7 Å². The van der Waals surface area contributed by atoms with E-state index in [2.05, 4.69) is 4.99 Å². The Bertz CT molecular complexity index is 186. The standard InChI is InChI=1S/C7H11NO2/c1-4-5(2)8-7(4)10-6(3)9/h4,7H,1-3H3. The van der Waals surface area contributed by atoms with Gasteiger partial charge < -0.3 is 4.74 Å². The van der Waals surface area contributed by atoms with Crippen molar-refractivity contribution in [1.82, 2.24) is 0 Å². The van der Waals surface area contributed by atoms with Gasteiger partial charge >= 0.3 is 5.97 Å². The summed E-state index contributed by atoms with van der Waals surface area (Å²) >= 11 is 0. The molecule has 2 atom stereocenters. The summed E-state index contributed by atoms with van der Waals surface area (Å²) in [6, 6.07) is 0. The van der Waals surface area contributed by atoms with Gasteiger partial charge in [0.25, 0.3) is 0 Å². The lowest BCUT2D eigenvalue weighted by molar-refractivity contribution is -0.148. The maximum absolute atomic E-state index is 10.4. The van der Waals surface area contributed by atoms with Crippen LogP contribution >= 0.6 is 0 Å². The highest BCUT2D eigenvalue weighted by Gasteiger charge is 2.29. The van der Waals surface area contributed by atoms with Crippen molar-refractivity contribution in [2.24, 2.45) is 10.9 Å². The van der Waals surface area contributed by atoms with Crippen molar-refractivity contribution in [2.45, 2.75) is 27.0 Å². The maximum atomic E-state index is 10.4. The van der Waals surface area contributed by atoms with E-state index in [4.69, 9.17) is 4.74 Å². The molecule has 56 valence electrons. The summed E-state index contributed by atoms with van der Waals surface area (Å²) in [4.78, 5) is 14.4. The van der Waals surface area contributed by atoms with E-state index in [0.717, 1.165) is 5.71 Å². The quantitative estimate of drug-likeness (QED) is 0.511. The summed E-state index contributed by atoms with van der Waals surface area (Å²) in [6.07, 6.45) is -0.211. The van der Waals surface area contributed by atoms with E-state index < -0.39 is 0 Å². The Labute approximate surface area is 60.1 Å². The van der Waals surface area contributed by atoms with Crippen molar-refractivity contribution in [3.05, 3.63) is 0 Å². The molecule has 0 radical (unpaired) electrons. The molecular formula is C7H11NO2. The highest BCUT2D eigenvalue weighted by atomic mass is 16.6. The third-order valence-electron chi connectivity index (χ3n) is 1.70. The Morgan fingerprint density at radius 3 is 2.60 bits per heavy atom. The zero-order chi connectivity index (χ0) is 7.72. The molecule has 0 amide bonds. The fraction of sp³-hybridized carbons (Fsp3) is 0.714. The van der Waals surface area contributed by atoms with E-state index in [1.54, 1.807) is 0 Å². The molecule has 2 unspecified atom stereocenters. The van der Waals surface area contributed by atoms with Crippen molar-refractivity contribution in [3.8, 4) is 0 Å². The van der Waals surface area contributed by atoms with Gasteiger partial charge in [-0.3, -0.25) is 9.79 Å². The van der Waals surface area contributed by atoms with Gasteiger partial charge in [0, 0.05) is 12.6 Å². The first-order valence-corrected chi connectivity index (χ1v) is 3.33. The van der Waals surface area contributed by atoms with Crippen molar-refractivity contribution >= 4 is 11.7 Å². The molecule has 10 heavy (non-hydrogen) atoms. The van der Waals surface area contributed by atoms with Crippen LogP contribution in [0.2, 0.25) is 0 Å². The Kier molecular flexibility index (Phi) is 1.74. The molecule has 0 aromatic rings. The van der Waals surface area contributed by atoms with Crippen LogP contribution in [0.25, 0.3) is 0 Å². The normalized spacial score (nSPS) is 30.5. The Balaban J connectivity index is 2.42. The van der Waals surface area contributed by atoms with Crippen LogP contribution in [0.3, 0.4) is 0 Å². The van der Waals surface area contributed by atoms with Crippen LogP contribution in [0.15, 0.2) is 4.99 Å². The minimum Gasteiger partial charge on any atom is -0.439 e. The molecule has 1 rings (SSSR count). The third-order valence-corrected chi connectivity index (χ3v) is 1.70. The molecule has 3 heteroatoms. The van der Waals surface area contributed by atoms with Crippen LogP contribution in [-0.2, 0) is 9.53 Å². The van der Waals surface area contributed by atoms with E-state index >= 15 is 0 Å². The number of esters is 1. The molecule has 0 saturated heterocycles. The van der Waals surface area contributed by atoms with E-state index in [9.17, 15) is 4.79 Å². The predicted octanol–water partition coefficient (Wildman–Crippen LogP) is 0.986. The number of aliphatic imine (C=N–C) groups is 1. The molecule has 1 heterocycles. The number of hydrogen-bond donors (Lipinski definition) is 0. The first-order chi connectivity index (χ1) is 4.61. The molecule has 3 nitrogen and oxygen atoms in total. The zero-order valence-corrected chi connectivity index (χ0v) is 6.42. The van der Waals surface area contributed by atoms with Crippen LogP contribution < -0.4 is 0 Å². The summed E-state index contributed by atoms with van der Waals surface area (Å²) in [6.45, 7) is 5.33. The molecular weight excluding hydrogens is 130 g/mol. The lowest BCUT2D eigenvalue weighted by Crippen LogP contribution is -2.36. The van der Waals surface area contributed by atoms with E-state index in [-0.39, 0.29) is 12.2 Å². The molecule has 0 bridgehead atoms. The molecule has 0 fully saturated rings. The molecule has 0 saturated carbocycles. The van der Waals surface area contributed by atoms with Crippen molar-refractivity contribution < 1.29 is 9.53 Å². The fourth-order valence-electron chi connectivity index (χ4n) is 0.853. The molecule has 0 aromatic carbocycles. The van der Waals surface area contributed by atoms with E-state index in [0.29, 0.717) is 5.92 Å². The van der Waals surface area contributed by atoms with Gasteiger partial charge in [0.1, 0.15) is 0 Å². The average Bonchev–Trinajstić information content (AvgIpc) is 1.86. The van der Waals surface area contributed by atoms with Crippen molar-refractivity contribution in [2.75, 3.05) is 0 Å². The first-order valence-electron chi connectivity index (χ1n) is 3.33. The minimum absolute atomic E-state index is 0.211. The zero-order valence-electron chi connectivity index (χ0n) is 6.42. The van der Waals surface area contributed by atoms with Crippen LogP contribution in [-0.4, -0.2) is 17.9 Å². The summed E-state index contributed by atoms with van der Waals surface area (Å²) in [5.41, 5.74) is 1.06. The number of carbonyl (C=O) groups excluding carboxylic acids is 1. The summed E-state index contributed by atoms with van der Waals surface area (Å²) in [5.74, 6) is 0.0528. The number of carbonyl (C=O) groups is 1. The Morgan fingerprint density at radius 2 is 2.30 bits per heavy atom. The van der Waals surface area contributed by atoms with E-state index in [1.165, 1.54) is 6.92 Å². The van der Waals surface area contributed by atoms with Gasteiger partial charge in [0.15, 0.2) is 6.23 Å². The monoisotopic (exact) mass is 141 g/mol. The molecule has 1 aliphatic heterocycles. The SMILES string of the molecule is CC(=O)OC1N=C(C)C1C. The second-order valence-electron chi connectivity index (χ2n) is 2.56. The van der Waals surface area contributed by atoms with Gasteiger partial charge in [-0.15, -0.1) is 0 Å². The van der Waals surface area contributed by atoms with Gasteiger partial charge in [0.2, 0.25) is 0 Å². The maximum Gasteiger partial charge on any atom is 0.304 e.